The zero-order valence-corrected chi connectivity index (χ0v) is 11.9. The molecule has 0 aliphatic heterocycles. The Bertz CT molecular complexity index is 382. The summed E-state index contributed by atoms with van der Waals surface area (Å²) in [5, 5.41) is 0. The first kappa shape index (κ1) is 11.9. The third kappa shape index (κ3) is 2.74. The van der Waals surface area contributed by atoms with E-state index in [1.54, 1.807) is 0 Å². The van der Waals surface area contributed by atoms with Gasteiger partial charge in [0.05, 0.1) is 9.65 Å². The van der Waals surface area contributed by atoms with Crippen molar-refractivity contribution in [3.8, 4) is 0 Å². The van der Waals surface area contributed by atoms with Gasteiger partial charge in [0.2, 0.25) is 0 Å². The van der Waals surface area contributed by atoms with Crippen LogP contribution in [0.3, 0.4) is 0 Å². The van der Waals surface area contributed by atoms with E-state index in [4.69, 9.17) is 0 Å². The molecule has 0 bridgehead atoms. The van der Waals surface area contributed by atoms with E-state index in [9.17, 15) is 0 Å². The first-order valence-corrected chi connectivity index (χ1v) is 7.00. The number of rotatable bonds is 3. The summed E-state index contributed by atoms with van der Waals surface area (Å²) in [6, 6.07) is 20.9. The Kier molecular flexibility index (Phi) is 4.19. The molecule has 0 aliphatic rings. The molecule has 0 nitrogen and oxygen atoms in total. The molecule has 1 unspecified atom stereocenters. The summed E-state index contributed by atoms with van der Waals surface area (Å²) in [7, 11) is 0. The van der Waals surface area contributed by atoms with Crippen molar-refractivity contribution in [2.45, 2.75) is 9.65 Å². The van der Waals surface area contributed by atoms with E-state index < -0.39 is 0 Å². The summed E-state index contributed by atoms with van der Waals surface area (Å²) in [6.07, 6.45) is 0. The number of hydrogen-bond donors (Lipinski definition) is 0. The van der Waals surface area contributed by atoms with Gasteiger partial charge in [0.15, 0.2) is 0 Å². The molecule has 0 spiro atoms. The maximum atomic E-state index is 3.74. The molecule has 0 aromatic heterocycles. The normalized spacial score (nSPS) is 14.4. The Morgan fingerprint density at radius 2 is 0.875 bits per heavy atom. The quantitative estimate of drug-likeness (QED) is 0.669. The minimum atomic E-state index is 0.288. The van der Waals surface area contributed by atoms with E-state index >= 15 is 0 Å². The molecular formula is C14H12Br2. The van der Waals surface area contributed by atoms with Gasteiger partial charge in [-0.1, -0.05) is 92.5 Å². The van der Waals surface area contributed by atoms with Crippen LogP contribution < -0.4 is 0 Å². The van der Waals surface area contributed by atoms with Gasteiger partial charge in [-0.3, -0.25) is 0 Å². The number of benzene rings is 2. The predicted octanol–water partition coefficient (Wildman–Crippen LogP) is 5.26. The van der Waals surface area contributed by atoms with Crippen LogP contribution in [0, 0.1) is 0 Å². The van der Waals surface area contributed by atoms with E-state index in [0.717, 1.165) is 0 Å². The van der Waals surface area contributed by atoms with Crippen molar-refractivity contribution in [2.24, 2.45) is 0 Å². The lowest BCUT2D eigenvalue weighted by atomic mass is 10.0. The maximum absolute atomic E-state index is 3.74. The molecule has 0 fully saturated rings. The highest BCUT2D eigenvalue weighted by Gasteiger charge is 2.18. The fraction of sp³-hybridized carbons (Fsp3) is 0.143. The smallest absolute Gasteiger partial charge is 0.0561 e. The second kappa shape index (κ2) is 5.65. The van der Waals surface area contributed by atoms with E-state index in [2.05, 4.69) is 80.4 Å². The second-order valence-electron chi connectivity index (χ2n) is 3.62. The summed E-state index contributed by atoms with van der Waals surface area (Å²) < 4.78 is 0. The molecule has 0 saturated heterocycles. The highest BCUT2D eigenvalue weighted by Crippen LogP contribution is 2.41. The van der Waals surface area contributed by atoms with Crippen molar-refractivity contribution < 1.29 is 0 Å². The SMILES string of the molecule is BrC(c1ccccc1)[C@@H](Br)c1ccccc1. The van der Waals surface area contributed by atoms with Crippen molar-refractivity contribution in [1.82, 2.24) is 0 Å². The van der Waals surface area contributed by atoms with Crippen molar-refractivity contribution in [3.05, 3.63) is 71.8 Å². The molecule has 0 amide bonds. The van der Waals surface area contributed by atoms with Crippen LogP contribution in [0.5, 0.6) is 0 Å². The molecule has 2 aromatic carbocycles. The van der Waals surface area contributed by atoms with Crippen LogP contribution in [0.4, 0.5) is 0 Å². The van der Waals surface area contributed by atoms with Gasteiger partial charge in [-0.05, 0) is 11.1 Å². The van der Waals surface area contributed by atoms with E-state index in [-0.39, 0.29) is 9.65 Å². The minimum Gasteiger partial charge on any atom is -0.0823 e. The molecular weight excluding hydrogens is 328 g/mol. The average Bonchev–Trinajstić information content (AvgIpc) is 2.39. The van der Waals surface area contributed by atoms with Gasteiger partial charge in [-0.15, -0.1) is 0 Å². The molecule has 2 rings (SSSR count). The van der Waals surface area contributed by atoms with Crippen molar-refractivity contribution >= 4 is 31.9 Å². The molecule has 2 heteroatoms. The third-order valence-corrected chi connectivity index (χ3v) is 5.32. The van der Waals surface area contributed by atoms with Gasteiger partial charge >= 0.3 is 0 Å². The van der Waals surface area contributed by atoms with Gasteiger partial charge in [-0.25, -0.2) is 0 Å². The van der Waals surface area contributed by atoms with Crippen LogP contribution in [0.25, 0.3) is 0 Å². The zero-order chi connectivity index (χ0) is 11.4. The van der Waals surface area contributed by atoms with Gasteiger partial charge in [0.25, 0.3) is 0 Å². The fourth-order valence-electron chi connectivity index (χ4n) is 1.61. The zero-order valence-electron chi connectivity index (χ0n) is 8.68. The number of halogens is 2. The molecule has 82 valence electrons. The summed E-state index contributed by atoms with van der Waals surface area (Å²) >= 11 is 7.48. The molecule has 0 radical (unpaired) electrons. The number of alkyl halides is 2. The third-order valence-electron chi connectivity index (χ3n) is 2.49. The van der Waals surface area contributed by atoms with Gasteiger partial charge in [-0.2, -0.15) is 0 Å². The highest BCUT2D eigenvalue weighted by molar-refractivity contribution is 9.12. The monoisotopic (exact) mass is 338 g/mol. The van der Waals surface area contributed by atoms with Crippen LogP contribution in [-0.2, 0) is 0 Å². The Hall–Kier alpha value is -0.600. The largest absolute Gasteiger partial charge is 0.0823 e. The fourth-order valence-corrected chi connectivity index (χ4v) is 2.83. The molecule has 16 heavy (non-hydrogen) atoms. The lowest BCUT2D eigenvalue weighted by Gasteiger charge is -2.17. The Labute approximate surface area is 113 Å². The minimum absolute atomic E-state index is 0.288. The van der Waals surface area contributed by atoms with E-state index in [1.807, 2.05) is 12.1 Å². The van der Waals surface area contributed by atoms with Gasteiger partial charge in [0.1, 0.15) is 0 Å². The average molecular weight is 340 g/mol. The molecule has 2 atom stereocenters. The van der Waals surface area contributed by atoms with Gasteiger partial charge < -0.3 is 0 Å². The Balaban J connectivity index is 2.20. The van der Waals surface area contributed by atoms with E-state index in [0.29, 0.717) is 0 Å². The Morgan fingerprint density at radius 3 is 1.19 bits per heavy atom. The topological polar surface area (TPSA) is 0 Å². The summed E-state index contributed by atoms with van der Waals surface area (Å²) in [4.78, 5) is 0.576. The first-order chi connectivity index (χ1) is 7.79. The molecule has 0 N–H and O–H groups in total. The van der Waals surface area contributed by atoms with Crippen molar-refractivity contribution in [2.75, 3.05) is 0 Å². The summed E-state index contributed by atoms with van der Waals surface area (Å²) in [6.45, 7) is 0. The van der Waals surface area contributed by atoms with Crippen LogP contribution in [0.2, 0.25) is 0 Å². The van der Waals surface area contributed by atoms with Crippen LogP contribution in [-0.4, -0.2) is 0 Å². The summed E-state index contributed by atoms with van der Waals surface area (Å²) in [5.41, 5.74) is 2.57. The Morgan fingerprint density at radius 1 is 0.562 bits per heavy atom. The lowest BCUT2D eigenvalue weighted by Crippen LogP contribution is -1.98. The molecule has 2 aromatic rings. The molecule has 0 aliphatic carbocycles. The van der Waals surface area contributed by atoms with Crippen molar-refractivity contribution in [1.29, 1.82) is 0 Å². The first-order valence-electron chi connectivity index (χ1n) is 5.17. The van der Waals surface area contributed by atoms with Crippen LogP contribution in [0.1, 0.15) is 20.8 Å². The van der Waals surface area contributed by atoms with Crippen LogP contribution in [0.15, 0.2) is 60.7 Å². The lowest BCUT2D eigenvalue weighted by molar-refractivity contribution is 0.938. The standard InChI is InChI=1S/C14H12Br2/c15-13(11-7-3-1-4-8-11)14(16)12-9-5-2-6-10-12/h1-10,13-14H/t13-,14?/m0/s1. The molecule has 0 heterocycles. The summed E-state index contributed by atoms with van der Waals surface area (Å²) in [5.74, 6) is 0. The highest BCUT2D eigenvalue weighted by atomic mass is 79.9. The molecule has 0 saturated carbocycles. The van der Waals surface area contributed by atoms with Gasteiger partial charge in [0, 0.05) is 0 Å². The number of hydrogen-bond acceptors (Lipinski definition) is 0. The van der Waals surface area contributed by atoms with E-state index in [1.165, 1.54) is 11.1 Å². The van der Waals surface area contributed by atoms with Crippen LogP contribution >= 0.6 is 31.9 Å². The second-order valence-corrected chi connectivity index (χ2v) is 5.60. The van der Waals surface area contributed by atoms with Crippen molar-refractivity contribution in [3.63, 3.8) is 0 Å². The predicted molar refractivity (Wildman–Crippen MR) is 76.2 cm³/mol. The maximum Gasteiger partial charge on any atom is 0.0561 e.